The van der Waals surface area contributed by atoms with E-state index >= 15 is 0 Å². The highest BCUT2D eigenvalue weighted by atomic mass is 19.1. The summed E-state index contributed by atoms with van der Waals surface area (Å²) in [5, 5.41) is 0. The first-order valence-corrected chi connectivity index (χ1v) is 7.34. The van der Waals surface area contributed by atoms with Gasteiger partial charge in [0.15, 0.2) is 0 Å². The second-order valence-electron chi connectivity index (χ2n) is 7.01. The molecule has 0 spiro atoms. The molecule has 0 saturated carbocycles. The fraction of sp³-hybridized carbons (Fsp3) is 0.647. The summed E-state index contributed by atoms with van der Waals surface area (Å²) in [6.07, 6.45) is 0. The van der Waals surface area contributed by atoms with Crippen molar-refractivity contribution in [1.29, 1.82) is 0 Å². The van der Waals surface area contributed by atoms with Gasteiger partial charge in [-0.05, 0) is 31.4 Å². The second kappa shape index (κ2) is 6.68. The van der Waals surface area contributed by atoms with Crippen molar-refractivity contribution in [3.8, 4) is 0 Å². The van der Waals surface area contributed by atoms with Crippen LogP contribution in [0.2, 0.25) is 0 Å². The van der Waals surface area contributed by atoms with E-state index in [-0.39, 0.29) is 23.2 Å². The first-order valence-electron chi connectivity index (χ1n) is 7.34. The fourth-order valence-corrected chi connectivity index (χ4v) is 2.44. The molecule has 0 saturated heterocycles. The van der Waals surface area contributed by atoms with Crippen LogP contribution in [0, 0.1) is 17.2 Å². The maximum Gasteiger partial charge on any atom is 0.127 e. The largest absolute Gasteiger partial charge is 0.324 e. The predicted molar refractivity (Wildman–Crippen MR) is 84.0 cm³/mol. The van der Waals surface area contributed by atoms with Crippen molar-refractivity contribution in [2.45, 2.75) is 46.7 Å². The van der Waals surface area contributed by atoms with Crippen molar-refractivity contribution < 1.29 is 4.39 Å². The third-order valence-electron chi connectivity index (χ3n) is 4.37. The number of benzene rings is 1. The number of hydrogen-bond donors (Lipinski definition) is 1. The molecule has 0 amide bonds. The molecule has 1 aromatic rings. The van der Waals surface area contributed by atoms with E-state index in [1.165, 1.54) is 6.07 Å². The zero-order chi connectivity index (χ0) is 15.5. The Morgan fingerprint density at radius 3 is 2.25 bits per heavy atom. The molecule has 1 aromatic carbocycles. The lowest BCUT2D eigenvalue weighted by Gasteiger charge is -2.37. The van der Waals surface area contributed by atoms with E-state index in [1.54, 1.807) is 12.1 Å². The zero-order valence-corrected chi connectivity index (χ0v) is 13.7. The van der Waals surface area contributed by atoms with Crippen molar-refractivity contribution in [2.75, 3.05) is 13.6 Å². The molecule has 0 fully saturated rings. The van der Waals surface area contributed by atoms with Gasteiger partial charge in [-0.25, -0.2) is 4.39 Å². The van der Waals surface area contributed by atoms with E-state index in [0.29, 0.717) is 11.6 Å². The van der Waals surface area contributed by atoms with Crippen LogP contribution in [0.25, 0.3) is 0 Å². The average Bonchev–Trinajstić information content (AvgIpc) is 2.36. The van der Waals surface area contributed by atoms with Gasteiger partial charge in [-0.1, -0.05) is 45.9 Å². The van der Waals surface area contributed by atoms with Gasteiger partial charge in [0, 0.05) is 24.2 Å². The molecule has 3 unspecified atom stereocenters. The fourth-order valence-electron chi connectivity index (χ4n) is 2.44. The molecule has 3 heteroatoms. The van der Waals surface area contributed by atoms with Gasteiger partial charge in [0.2, 0.25) is 0 Å². The summed E-state index contributed by atoms with van der Waals surface area (Å²) in [6.45, 7) is 11.9. The molecule has 20 heavy (non-hydrogen) atoms. The predicted octanol–water partition coefficient (Wildman–Crippen LogP) is 3.83. The quantitative estimate of drug-likeness (QED) is 0.888. The van der Waals surface area contributed by atoms with Crippen molar-refractivity contribution >= 4 is 0 Å². The molecule has 0 aliphatic carbocycles. The molecule has 0 aliphatic rings. The summed E-state index contributed by atoms with van der Waals surface area (Å²) in [4.78, 5) is 2.31. The van der Waals surface area contributed by atoms with Crippen LogP contribution in [0.15, 0.2) is 24.3 Å². The highest BCUT2D eigenvalue weighted by Gasteiger charge is 2.26. The third kappa shape index (κ3) is 4.29. The lowest BCUT2D eigenvalue weighted by atomic mass is 9.86. The van der Waals surface area contributed by atoms with Crippen molar-refractivity contribution in [3.63, 3.8) is 0 Å². The molecule has 0 radical (unpaired) electrons. The lowest BCUT2D eigenvalue weighted by Crippen LogP contribution is -2.43. The minimum atomic E-state index is -0.272. The average molecular weight is 280 g/mol. The summed E-state index contributed by atoms with van der Waals surface area (Å²) in [5.74, 6) is -0.0138. The van der Waals surface area contributed by atoms with Crippen LogP contribution >= 0.6 is 0 Å². The van der Waals surface area contributed by atoms with Crippen LogP contribution in [0.5, 0.6) is 0 Å². The van der Waals surface area contributed by atoms with Crippen LogP contribution in [-0.2, 0) is 0 Å². The molecule has 0 heterocycles. The highest BCUT2D eigenvalue weighted by molar-refractivity contribution is 5.21. The van der Waals surface area contributed by atoms with Gasteiger partial charge in [0.1, 0.15) is 5.82 Å². The topological polar surface area (TPSA) is 29.3 Å². The molecular formula is C17H29FN2. The van der Waals surface area contributed by atoms with E-state index in [4.69, 9.17) is 5.73 Å². The summed E-state index contributed by atoms with van der Waals surface area (Å²) in [6, 6.07) is 6.97. The Hall–Kier alpha value is -0.930. The Balaban J connectivity index is 2.72. The van der Waals surface area contributed by atoms with E-state index in [9.17, 15) is 4.39 Å². The SMILES string of the molecule is CC(CN(C)C(C)C(C)(C)C)C(N)c1ccccc1F. The molecule has 2 N–H and O–H groups in total. The van der Waals surface area contributed by atoms with Gasteiger partial charge in [0.05, 0.1) is 0 Å². The minimum Gasteiger partial charge on any atom is -0.324 e. The van der Waals surface area contributed by atoms with E-state index in [0.717, 1.165) is 6.54 Å². The summed E-state index contributed by atoms with van der Waals surface area (Å²) >= 11 is 0. The van der Waals surface area contributed by atoms with Gasteiger partial charge in [-0.3, -0.25) is 0 Å². The van der Waals surface area contributed by atoms with Crippen molar-refractivity contribution in [3.05, 3.63) is 35.6 Å². The molecule has 1 rings (SSSR count). The Kier molecular flexibility index (Phi) is 5.72. The standard InChI is InChI=1S/C17H29FN2/c1-12(11-20(6)13(2)17(3,4)5)16(19)14-9-7-8-10-15(14)18/h7-10,12-13,16H,11,19H2,1-6H3. The number of hydrogen-bond acceptors (Lipinski definition) is 2. The van der Waals surface area contributed by atoms with Gasteiger partial charge >= 0.3 is 0 Å². The first-order chi connectivity index (χ1) is 9.14. The van der Waals surface area contributed by atoms with Crippen molar-refractivity contribution in [1.82, 2.24) is 4.90 Å². The summed E-state index contributed by atoms with van der Waals surface area (Å²) < 4.78 is 13.8. The Morgan fingerprint density at radius 2 is 1.75 bits per heavy atom. The second-order valence-corrected chi connectivity index (χ2v) is 7.01. The molecule has 2 nitrogen and oxygen atoms in total. The molecule has 0 bridgehead atoms. The van der Waals surface area contributed by atoms with Crippen molar-refractivity contribution in [2.24, 2.45) is 17.1 Å². The molecule has 0 aromatic heterocycles. The van der Waals surface area contributed by atoms with Crippen LogP contribution in [0.1, 0.15) is 46.2 Å². The Morgan fingerprint density at radius 1 is 1.20 bits per heavy atom. The van der Waals surface area contributed by atoms with Crippen LogP contribution in [0.4, 0.5) is 4.39 Å². The normalized spacial score (nSPS) is 17.1. The van der Waals surface area contributed by atoms with Gasteiger partial charge in [-0.15, -0.1) is 0 Å². The maximum absolute atomic E-state index is 13.8. The van der Waals surface area contributed by atoms with Crippen LogP contribution < -0.4 is 5.73 Å². The Labute approximate surface area is 123 Å². The smallest absolute Gasteiger partial charge is 0.127 e. The van der Waals surface area contributed by atoms with Crippen LogP contribution in [-0.4, -0.2) is 24.5 Å². The number of nitrogens with zero attached hydrogens (tertiary/aromatic N) is 1. The zero-order valence-electron chi connectivity index (χ0n) is 13.7. The van der Waals surface area contributed by atoms with Crippen LogP contribution in [0.3, 0.4) is 0 Å². The monoisotopic (exact) mass is 280 g/mol. The Bertz CT molecular complexity index is 425. The lowest BCUT2D eigenvalue weighted by molar-refractivity contribution is 0.120. The van der Waals surface area contributed by atoms with E-state index in [1.807, 2.05) is 6.07 Å². The molecule has 0 aliphatic heterocycles. The summed E-state index contributed by atoms with van der Waals surface area (Å²) in [7, 11) is 2.11. The molecule has 114 valence electrons. The van der Waals surface area contributed by atoms with E-state index < -0.39 is 0 Å². The number of nitrogens with two attached hydrogens (primary N) is 1. The van der Waals surface area contributed by atoms with E-state index in [2.05, 4.69) is 46.6 Å². The number of rotatable bonds is 5. The molecule has 3 atom stereocenters. The van der Waals surface area contributed by atoms with Gasteiger partial charge in [-0.2, -0.15) is 0 Å². The summed E-state index contributed by atoms with van der Waals surface area (Å²) in [5.41, 5.74) is 7.06. The third-order valence-corrected chi connectivity index (χ3v) is 4.37. The maximum atomic E-state index is 13.8. The number of halogens is 1. The first kappa shape index (κ1) is 17.1. The highest BCUT2D eigenvalue weighted by Crippen LogP contribution is 2.27. The van der Waals surface area contributed by atoms with Gasteiger partial charge in [0.25, 0.3) is 0 Å². The molecular weight excluding hydrogens is 251 g/mol. The minimum absolute atomic E-state index is 0.196. The van der Waals surface area contributed by atoms with Gasteiger partial charge < -0.3 is 10.6 Å².